The van der Waals surface area contributed by atoms with E-state index in [9.17, 15) is 4.79 Å². The Morgan fingerprint density at radius 2 is 1.38 bits per heavy atom. The van der Waals surface area contributed by atoms with Crippen molar-refractivity contribution in [1.29, 1.82) is 0 Å². The lowest BCUT2D eigenvalue weighted by atomic mass is 10.0. The Bertz CT molecular complexity index is 1390. The summed E-state index contributed by atoms with van der Waals surface area (Å²) in [5.74, 6) is 1.83. The maximum atomic E-state index is 13.1. The first kappa shape index (κ1) is 26.3. The van der Waals surface area contributed by atoms with Gasteiger partial charge in [0, 0.05) is 50.0 Å². The Hall–Kier alpha value is -4.36. The van der Waals surface area contributed by atoms with Crippen LogP contribution in [0.15, 0.2) is 85.1 Å². The Labute approximate surface area is 229 Å². The van der Waals surface area contributed by atoms with E-state index in [-0.39, 0.29) is 5.91 Å². The standard InChI is InChI=1S/C32H33N3O4/c1-37-29-20-27(21-30(38-2)31(29)39-3)28-19-23(13-14-33-28)22-34-15-17-35(18-16-34)32(36)26-11-9-25(10-12-26)24-7-5-4-6-8-24/h4-14,19-21H,15-18,22H2,1-3H3. The third-order valence-electron chi connectivity index (χ3n) is 7.09. The quantitative estimate of drug-likeness (QED) is 0.308. The third-order valence-corrected chi connectivity index (χ3v) is 7.09. The zero-order chi connectivity index (χ0) is 27.2. The highest BCUT2D eigenvalue weighted by molar-refractivity contribution is 5.94. The second-order valence-electron chi connectivity index (χ2n) is 9.48. The SMILES string of the molecule is COc1cc(-c2cc(CN3CCN(C(=O)c4ccc(-c5ccccc5)cc4)CC3)ccn2)cc(OC)c1OC. The van der Waals surface area contributed by atoms with Crippen molar-refractivity contribution >= 4 is 5.91 Å². The van der Waals surface area contributed by atoms with Gasteiger partial charge in [0.15, 0.2) is 11.5 Å². The van der Waals surface area contributed by atoms with Gasteiger partial charge < -0.3 is 19.1 Å². The molecule has 200 valence electrons. The molecule has 0 aliphatic carbocycles. The van der Waals surface area contributed by atoms with Crippen LogP contribution < -0.4 is 14.2 Å². The number of nitrogens with zero attached hydrogens (tertiary/aromatic N) is 3. The average Bonchev–Trinajstić information content (AvgIpc) is 3.01. The van der Waals surface area contributed by atoms with Gasteiger partial charge in [0.25, 0.3) is 5.91 Å². The molecule has 39 heavy (non-hydrogen) atoms. The topological polar surface area (TPSA) is 64.1 Å². The number of carbonyl (C=O) groups excluding carboxylic acids is 1. The second kappa shape index (κ2) is 12.0. The Kier molecular flexibility index (Phi) is 8.08. The zero-order valence-corrected chi connectivity index (χ0v) is 22.6. The van der Waals surface area contributed by atoms with Gasteiger partial charge in [-0.15, -0.1) is 0 Å². The van der Waals surface area contributed by atoms with Gasteiger partial charge in [-0.1, -0.05) is 42.5 Å². The molecule has 5 rings (SSSR count). The summed E-state index contributed by atoms with van der Waals surface area (Å²) in [6, 6.07) is 26.0. The van der Waals surface area contributed by atoms with Crippen LogP contribution in [0.25, 0.3) is 22.4 Å². The summed E-state index contributed by atoms with van der Waals surface area (Å²) in [5, 5.41) is 0. The minimum Gasteiger partial charge on any atom is -0.493 e. The highest BCUT2D eigenvalue weighted by Crippen LogP contribution is 2.40. The van der Waals surface area contributed by atoms with E-state index < -0.39 is 0 Å². The molecule has 0 atom stereocenters. The lowest BCUT2D eigenvalue weighted by Crippen LogP contribution is -2.48. The predicted octanol–water partition coefficient (Wildman–Crippen LogP) is 5.40. The number of benzene rings is 3. The molecule has 4 aromatic rings. The first-order chi connectivity index (χ1) is 19.1. The van der Waals surface area contributed by atoms with Crippen molar-refractivity contribution in [3.05, 3.63) is 96.2 Å². The summed E-state index contributed by atoms with van der Waals surface area (Å²) < 4.78 is 16.5. The molecular formula is C32H33N3O4. The van der Waals surface area contributed by atoms with Crippen LogP contribution in [0.4, 0.5) is 0 Å². The van der Waals surface area contributed by atoms with Gasteiger partial charge in [-0.3, -0.25) is 14.7 Å². The fourth-order valence-corrected chi connectivity index (χ4v) is 4.95. The van der Waals surface area contributed by atoms with E-state index in [1.807, 2.05) is 71.8 Å². The number of methoxy groups -OCH3 is 3. The fraction of sp³-hybridized carbons (Fsp3) is 0.250. The number of ether oxygens (including phenoxy) is 3. The zero-order valence-electron chi connectivity index (χ0n) is 22.6. The summed E-state index contributed by atoms with van der Waals surface area (Å²) in [7, 11) is 4.80. The number of hydrogen-bond donors (Lipinski definition) is 0. The van der Waals surface area contributed by atoms with E-state index >= 15 is 0 Å². The number of aromatic nitrogens is 1. The Balaban J connectivity index is 1.21. The summed E-state index contributed by atoms with van der Waals surface area (Å²) in [6.07, 6.45) is 1.83. The molecule has 1 amide bonds. The first-order valence-electron chi connectivity index (χ1n) is 13.0. The molecular weight excluding hydrogens is 490 g/mol. The number of piperazine rings is 1. The number of hydrogen-bond acceptors (Lipinski definition) is 6. The largest absolute Gasteiger partial charge is 0.493 e. The lowest BCUT2D eigenvalue weighted by molar-refractivity contribution is 0.0628. The summed E-state index contributed by atoms with van der Waals surface area (Å²) in [4.78, 5) is 22.0. The van der Waals surface area contributed by atoms with Crippen LogP contribution in [0.1, 0.15) is 15.9 Å². The number of carbonyl (C=O) groups is 1. The van der Waals surface area contributed by atoms with Crippen molar-refractivity contribution in [2.75, 3.05) is 47.5 Å². The molecule has 0 unspecified atom stereocenters. The van der Waals surface area contributed by atoms with Crippen molar-refractivity contribution in [3.63, 3.8) is 0 Å². The van der Waals surface area contributed by atoms with Crippen LogP contribution in [0, 0.1) is 0 Å². The summed E-state index contributed by atoms with van der Waals surface area (Å²) in [5.41, 5.74) is 5.87. The normalized spacial score (nSPS) is 13.7. The van der Waals surface area contributed by atoms with E-state index in [4.69, 9.17) is 14.2 Å². The molecule has 7 nitrogen and oxygen atoms in total. The van der Waals surface area contributed by atoms with Crippen LogP contribution in [0.2, 0.25) is 0 Å². The minimum atomic E-state index is 0.0860. The van der Waals surface area contributed by atoms with Crippen molar-refractivity contribution in [3.8, 4) is 39.6 Å². The molecule has 1 saturated heterocycles. The summed E-state index contributed by atoms with van der Waals surface area (Å²) in [6.45, 7) is 3.81. The predicted molar refractivity (Wildman–Crippen MR) is 152 cm³/mol. The van der Waals surface area contributed by atoms with Crippen LogP contribution >= 0.6 is 0 Å². The molecule has 2 heterocycles. The Morgan fingerprint density at radius 1 is 0.744 bits per heavy atom. The van der Waals surface area contributed by atoms with Gasteiger partial charge in [0.2, 0.25) is 5.75 Å². The van der Waals surface area contributed by atoms with E-state index in [0.29, 0.717) is 30.3 Å². The maximum absolute atomic E-state index is 13.1. The molecule has 3 aromatic carbocycles. The lowest BCUT2D eigenvalue weighted by Gasteiger charge is -2.34. The molecule has 1 fully saturated rings. The van der Waals surface area contributed by atoms with Gasteiger partial charge in [-0.05, 0) is 53.1 Å². The van der Waals surface area contributed by atoms with E-state index in [1.165, 1.54) is 0 Å². The van der Waals surface area contributed by atoms with Gasteiger partial charge in [-0.25, -0.2) is 0 Å². The molecule has 0 bridgehead atoms. The minimum absolute atomic E-state index is 0.0860. The number of amides is 1. The van der Waals surface area contributed by atoms with Gasteiger partial charge >= 0.3 is 0 Å². The van der Waals surface area contributed by atoms with Crippen LogP contribution in [0.3, 0.4) is 0 Å². The highest BCUT2D eigenvalue weighted by atomic mass is 16.5. The number of pyridine rings is 1. The van der Waals surface area contributed by atoms with Crippen molar-refractivity contribution < 1.29 is 19.0 Å². The van der Waals surface area contributed by atoms with Crippen molar-refractivity contribution in [2.45, 2.75) is 6.54 Å². The highest BCUT2D eigenvalue weighted by Gasteiger charge is 2.22. The summed E-state index contributed by atoms with van der Waals surface area (Å²) >= 11 is 0. The van der Waals surface area contributed by atoms with E-state index in [2.05, 4.69) is 28.1 Å². The molecule has 0 spiro atoms. The van der Waals surface area contributed by atoms with Crippen molar-refractivity contribution in [2.24, 2.45) is 0 Å². The van der Waals surface area contributed by atoms with Gasteiger partial charge in [0.1, 0.15) is 0 Å². The van der Waals surface area contributed by atoms with Crippen LogP contribution in [0.5, 0.6) is 17.2 Å². The monoisotopic (exact) mass is 523 g/mol. The van der Waals surface area contributed by atoms with Gasteiger partial charge in [0.05, 0.1) is 27.0 Å². The first-order valence-corrected chi connectivity index (χ1v) is 13.0. The third kappa shape index (κ3) is 5.89. The molecule has 0 N–H and O–H groups in total. The van der Waals surface area contributed by atoms with E-state index in [1.54, 1.807) is 21.3 Å². The molecule has 1 aromatic heterocycles. The smallest absolute Gasteiger partial charge is 0.253 e. The van der Waals surface area contributed by atoms with Crippen molar-refractivity contribution in [1.82, 2.24) is 14.8 Å². The van der Waals surface area contributed by atoms with E-state index in [0.717, 1.165) is 53.1 Å². The molecule has 7 heteroatoms. The Morgan fingerprint density at radius 3 is 2.00 bits per heavy atom. The second-order valence-corrected chi connectivity index (χ2v) is 9.48. The number of rotatable bonds is 8. The van der Waals surface area contributed by atoms with Crippen LogP contribution in [-0.4, -0.2) is 68.2 Å². The molecule has 1 aliphatic heterocycles. The van der Waals surface area contributed by atoms with Crippen LogP contribution in [-0.2, 0) is 6.54 Å². The molecule has 0 radical (unpaired) electrons. The fourth-order valence-electron chi connectivity index (χ4n) is 4.95. The maximum Gasteiger partial charge on any atom is 0.253 e. The molecule has 1 aliphatic rings. The molecule has 0 saturated carbocycles. The average molecular weight is 524 g/mol. The van der Waals surface area contributed by atoms with Gasteiger partial charge in [-0.2, -0.15) is 0 Å².